The van der Waals surface area contributed by atoms with Gasteiger partial charge in [-0.2, -0.15) is 5.10 Å². The zero-order valence-electron chi connectivity index (χ0n) is 17.4. The molecule has 4 rings (SSSR count). The Hall–Kier alpha value is -4.38. The number of hydrazone groups is 1. The number of nitrogens with two attached hydrogens (primary N) is 1. The maximum absolute atomic E-state index is 12.5. The number of amides is 1. The Morgan fingerprint density at radius 2 is 1.94 bits per heavy atom. The molecule has 0 atom stereocenters. The molecular formula is C22H18N6O4S. The number of aromatic nitrogens is 2. The lowest BCUT2D eigenvalue weighted by molar-refractivity contribution is -0.384. The third-order valence-electron chi connectivity index (χ3n) is 4.77. The first-order valence-corrected chi connectivity index (χ1v) is 10.5. The van der Waals surface area contributed by atoms with Crippen LogP contribution in [-0.4, -0.2) is 27.0 Å². The van der Waals surface area contributed by atoms with Gasteiger partial charge in [0.25, 0.3) is 11.6 Å². The second kappa shape index (κ2) is 9.40. The van der Waals surface area contributed by atoms with Crippen LogP contribution in [0.3, 0.4) is 0 Å². The van der Waals surface area contributed by atoms with Gasteiger partial charge in [0.15, 0.2) is 0 Å². The molecule has 0 radical (unpaired) electrons. The molecule has 33 heavy (non-hydrogen) atoms. The molecule has 2 heterocycles. The van der Waals surface area contributed by atoms with Crippen molar-refractivity contribution in [3.63, 3.8) is 0 Å². The standard InChI is InChI=1S/C22H18N6O4S/c1-13-18-20(23)24-12-25-22(18)33-19(13)21(29)27-26-10-14-4-8-17(9-5-14)32-11-15-2-6-16(7-3-15)28(30)31/h2-10,12H,11H2,1H3,(H,27,29)(H2,23,24,25)/b26-10-. The SMILES string of the molecule is Cc1c(C(=O)N/N=C\c2ccc(OCc3ccc([N+](=O)[O-])cc3)cc2)sc2ncnc(N)c12. The summed E-state index contributed by atoms with van der Waals surface area (Å²) in [6.45, 7) is 2.08. The normalized spacial score (nSPS) is 11.1. The molecular weight excluding hydrogens is 444 g/mol. The lowest BCUT2D eigenvalue weighted by Gasteiger charge is -2.06. The van der Waals surface area contributed by atoms with Gasteiger partial charge in [0.05, 0.1) is 21.4 Å². The van der Waals surface area contributed by atoms with Crippen LogP contribution in [0.4, 0.5) is 11.5 Å². The molecule has 4 aromatic rings. The number of carbonyl (C=O) groups is 1. The van der Waals surface area contributed by atoms with Crippen molar-refractivity contribution >= 4 is 45.2 Å². The number of nitrogen functional groups attached to an aromatic ring is 1. The number of nitro benzene ring substituents is 1. The number of fused-ring (bicyclic) bond motifs is 1. The van der Waals surface area contributed by atoms with Crippen LogP contribution < -0.4 is 15.9 Å². The fraction of sp³-hybridized carbons (Fsp3) is 0.0909. The summed E-state index contributed by atoms with van der Waals surface area (Å²) in [6.07, 6.45) is 2.89. The second-order valence-corrected chi connectivity index (χ2v) is 7.97. The third-order valence-corrected chi connectivity index (χ3v) is 5.97. The van der Waals surface area contributed by atoms with E-state index in [-0.39, 0.29) is 18.2 Å². The van der Waals surface area contributed by atoms with E-state index in [4.69, 9.17) is 10.5 Å². The van der Waals surface area contributed by atoms with Gasteiger partial charge in [0.2, 0.25) is 0 Å². The van der Waals surface area contributed by atoms with Crippen LogP contribution in [0.2, 0.25) is 0 Å². The van der Waals surface area contributed by atoms with E-state index in [9.17, 15) is 14.9 Å². The smallest absolute Gasteiger partial charge is 0.281 e. The van der Waals surface area contributed by atoms with Gasteiger partial charge >= 0.3 is 0 Å². The van der Waals surface area contributed by atoms with Crippen molar-refractivity contribution in [2.75, 3.05) is 5.73 Å². The molecule has 0 aliphatic carbocycles. The molecule has 166 valence electrons. The highest BCUT2D eigenvalue weighted by Gasteiger charge is 2.18. The largest absolute Gasteiger partial charge is 0.489 e. The highest BCUT2D eigenvalue weighted by molar-refractivity contribution is 7.20. The van der Waals surface area contributed by atoms with Crippen molar-refractivity contribution in [1.29, 1.82) is 0 Å². The zero-order chi connectivity index (χ0) is 23.4. The fourth-order valence-electron chi connectivity index (χ4n) is 3.06. The molecule has 3 N–H and O–H groups in total. The number of anilines is 1. The van der Waals surface area contributed by atoms with Crippen molar-refractivity contribution < 1.29 is 14.5 Å². The number of aryl methyl sites for hydroxylation is 1. The Labute approximate surface area is 191 Å². The molecule has 10 nitrogen and oxygen atoms in total. The molecule has 0 aliphatic heterocycles. The van der Waals surface area contributed by atoms with Crippen LogP contribution in [0.15, 0.2) is 60.0 Å². The highest BCUT2D eigenvalue weighted by atomic mass is 32.1. The van der Waals surface area contributed by atoms with Crippen molar-refractivity contribution in [1.82, 2.24) is 15.4 Å². The van der Waals surface area contributed by atoms with E-state index in [1.165, 1.54) is 36.0 Å². The van der Waals surface area contributed by atoms with E-state index in [1.54, 1.807) is 43.3 Å². The van der Waals surface area contributed by atoms with Gasteiger partial charge in [0, 0.05) is 12.1 Å². The quantitative estimate of drug-likeness (QED) is 0.241. The predicted octanol–water partition coefficient (Wildman–Crippen LogP) is 3.83. The minimum atomic E-state index is -0.443. The fourth-order valence-corrected chi connectivity index (χ4v) is 4.11. The maximum Gasteiger partial charge on any atom is 0.281 e. The highest BCUT2D eigenvalue weighted by Crippen LogP contribution is 2.31. The molecule has 0 fully saturated rings. The molecule has 11 heteroatoms. The van der Waals surface area contributed by atoms with Crippen LogP contribution in [0.25, 0.3) is 10.2 Å². The molecule has 0 saturated heterocycles. The Morgan fingerprint density at radius 3 is 2.61 bits per heavy atom. The van der Waals surface area contributed by atoms with Gasteiger partial charge in [-0.3, -0.25) is 14.9 Å². The Morgan fingerprint density at radius 1 is 1.21 bits per heavy atom. The Kier molecular flexibility index (Phi) is 6.22. The van der Waals surface area contributed by atoms with Crippen molar-refractivity contribution in [2.45, 2.75) is 13.5 Å². The lowest BCUT2D eigenvalue weighted by atomic mass is 10.2. The molecule has 1 amide bonds. The van der Waals surface area contributed by atoms with E-state index in [0.717, 1.165) is 16.7 Å². The van der Waals surface area contributed by atoms with E-state index in [2.05, 4.69) is 20.5 Å². The van der Waals surface area contributed by atoms with Crippen molar-refractivity contribution in [3.05, 3.63) is 86.5 Å². The average Bonchev–Trinajstić information content (AvgIpc) is 3.16. The summed E-state index contributed by atoms with van der Waals surface area (Å²) in [5, 5.41) is 15.4. The number of hydrogen-bond donors (Lipinski definition) is 2. The summed E-state index contributed by atoms with van der Waals surface area (Å²) in [7, 11) is 0. The van der Waals surface area contributed by atoms with Crippen LogP contribution in [0.5, 0.6) is 5.75 Å². The second-order valence-electron chi connectivity index (χ2n) is 6.98. The maximum atomic E-state index is 12.5. The summed E-state index contributed by atoms with van der Waals surface area (Å²) in [4.78, 5) is 32.0. The summed E-state index contributed by atoms with van der Waals surface area (Å²) in [5.41, 5.74) is 10.7. The minimum Gasteiger partial charge on any atom is -0.489 e. The number of nitro groups is 1. The first-order valence-electron chi connectivity index (χ1n) is 9.71. The number of carbonyl (C=O) groups excluding carboxylic acids is 1. The first-order chi connectivity index (χ1) is 15.9. The van der Waals surface area contributed by atoms with Gasteiger partial charge < -0.3 is 10.5 Å². The number of nitrogens with zero attached hydrogens (tertiary/aromatic N) is 4. The van der Waals surface area contributed by atoms with Gasteiger partial charge in [0.1, 0.15) is 29.3 Å². The summed E-state index contributed by atoms with van der Waals surface area (Å²) in [6, 6.07) is 13.3. The van der Waals surface area contributed by atoms with Gasteiger partial charge in [-0.25, -0.2) is 15.4 Å². The summed E-state index contributed by atoms with van der Waals surface area (Å²) in [5.74, 6) is 0.621. The minimum absolute atomic E-state index is 0.0369. The number of benzene rings is 2. The zero-order valence-corrected chi connectivity index (χ0v) is 18.2. The Balaban J connectivity index is 1.33. The molecule has 0 spiro atoms. The topological polar surface area (TPSA) is 146 Å². The van der Waals surface area contributed by atoms with E-state index in [1.807, 2.05) is 0 Å². The molecule has 0 aliphatic rings. The average molecular weight is 462 g/mol. The summed E-state index contributed by atoms with van der Waals surface area (Å²) >= 11 is 1.23. The van der Waals surface area contributed by atoms with Crippen LogP contribution in [-0.2, 0) is 6.61 Å². The van der Waals surface area contributed by atoms with Gasteiger partial charge in [-0.05, 0) is 60.0 Å². The molecule has 2 aromatic carbocycles. The van der Waals surface area contributed by atoms with Gasteiger partial charge in [-0.15, -0.1) is 11.3 Å². The van der Waals surface area contributed by atoms with Crippen LogP contribution in [0.1, 0.15) is 26.4 Å². The van der Waals surface area contributed by atoms with Crippen LogP contribution in [0, 0.1) is 17.0 Å². The van der Waals surface area contributed by atoms with Crippen molar-refractivity contribution in [3.8, 4) is 5.75 Å². The molecule has 0 unspecified atom stereocenters. The van der Waals surface area contributed by atoms with Crippen molar-refractivity contribution in [2.24, 2.45) is 5.10 Å². The third kappa shape index (κ3) is 4.93. The number of thiophene rings is 1. The first kappa shape index (κ1) is 21.8. The number of nitrogens with one attached hydrogen (secondary N) is 1. The number of ether oxygens (including phenoxy) is 1. The number of hydrogen-bond acceptors (Lipinski definition) is 9. The number of rotatable bonds is 7. The summed E-state index contributed by atoms with van der Waals surface area (Å²) < 4.78 is 5.70. The predicted molar refractivity (Wildman–Crippen MR) is 125 cm³/mol. The Bertz CT molecular complexity index is 1350. The van der Waals surface area contributed by atoms with Crippen LogP contribution >= 0.6 is 11.3 Å². The molecule has 0 bridgehead atoms. The van der Waals surface area contributed by atoms with E-state index in [0.29, 0.717) is 26.7 Å². The van der Waals surface area contributed by atoms with E-state index < -0.39 is 4.92 Å². The molecule has 0 saturated carbocycles. The monoisotopic (exact) mass is 462 g/mol. The van der Waals surface area contributed by atoms with E-state index >= 15 is 0 Å². The lowest BCUT2D eigenvalue weighted by Crippen LogP contribution is -2.17. The van der Waals surface area contributed by atoms with Gasteiger partial charge in [-0.1, -0.05) is 0 Å². The number of non-ortho nitro benzene ring substituents is 1. The molecule has 2 aromatic heterocycles.